The Morgan fingerprint density at radius 3 is 2.27 bits per heavy atom. The minimum Gasteiger partial charge on any atom is -0.382 e. The van der Waals surface area contributed by atoms with Gasteiger partial charge in [0.15, 0.2) is 0 Å². The number of benzene rings is 1. The highest BCUT2D eigenvalue weighted by Gasteiger charge is 2.17. The van der Waals surface area contributed by atoms with Gasteiger partial charge in [0.05, 0.1) is 0 Å². The molecule has 1 saturated carbocycles. The second kappa shape index (κ2) is 4.89. The summed E-state index contributed by atoms with van der Waals surface area (Å²) < 4.78 is 0. The maximum atomic E-state index is 5.85. The average Bonchev–Trinajstić information content (AvgIpc) is 2.25. The molecule has 1 fully saturated rings. The second-order valence-electron chi connectivity index (χ2n) is 4.61. The van der Waals surface area contributed by atoms with Crippen LogP contribution in [-0.4, -0.2) is 6.04 Å². The predicted octanol–water partition coefficient (Wildman–Crippen LogP) is 4.33. The molecule has 0 atom stereocenters. The fourth-order valence-corrected chi connectivity index (χ4v) is 2.31. The van der Waals surface area contributed by atoms with Crippen LogP contribution in [0.1, 0.15) is 32.6 Å². The van der Waals surface area contributed by atoms with Crippen LogP contribution in [0.5, 0.6) is 0 Å². The average molecular weight is 224 g/mol. The van der Waals surface area contributed by atoms with Crippen LogP contribution in [0.25, 0.3) is 0 Å². The molecule has 0 spiro atoms. The SMILES string of the molecule is CC1CCC(Nc2ccc(Cl)cc2)CC1. The third-order valence-corrected chi connectivity index (χ3v) is 3.48. The smallest absolute Gasteiger partial charge is 0.0407 e. The summed E-state index contributed by atoms with van der Waals surface area (Å²) in [5.41, 5.74) is 1.19. The van der Waals surface area contributed by atoms with E-state index in [0.717, 1.165) is 10.9 Å². The zero-order valence-electron chi connectivity index (χ0n) is 9.17. The van der Waals surface area contributed by atoms with Crippen LogP contribution < -0.4 is 5.32 Å². The Hall–Kier alpha value is -0.690. The summed E-state index contributed by atoms with van der Waals surface area (Å²) in [4.78, 5) is 0. The zero-order chi connectivity index (χ0) is 10.7. The van der Waals surface area contributed by atoms with Crippen LogP contribution in [0.4, 0.5) is 5.69 Å². The van der Waals surface area contributed by atoms with Crippen molar-refractivity contribution >= 4 is 17.3 Å². The van der Waals surface area contributed by atoms with Crippen molar-refractivity contribution in [2.24, 2.45) is 5.92 Å². The summed E-state index contributed by atoms with van der Waals surface area (Å²) >= 11 is 5.85. The van der Waals surface area contributed by atoms with Crippen LogP contribution >= 0.6 is 11.6 Å². The van der Waals surface area contributed by atoms with Crippen molar-refractivity contribution in [2.75, 3.05) is 5.32 Å². The van der Waals surface area contributed by atoms with E-state index in [-0.39, 0.29) is 0 Å². The third-order valence-electron chi connectivity index (χ3n) is 3.23. The van der Waals surface area contributed by atoms with Crippen molar-refractivity contribution in [1.82, 2.24) is 0 Å². The van der Waals surface area contributed by atoms with E-state index < -0.39 is 0 Å². The van der Waals surface area contributed by atoms with Gasteiger partial charge in [-0.15, -0.1) is 0 Å². The summed E-state index contributed by atoms with van der Waals surface area (Å²) in [6, 6.07) is 8.65. The van der Waals surface area contributed by atoms with Crippen molar-refractivity contribution in [3.05, 3.63) is 29.3 Å². The van der Waals surface area contributed by atoms with E-state index in [1.165, 1.54) is 31.4 Å². The number of halogens is 1. The van der Waals surface area contributed by atoms with Gasteiger partial charge >= 0.3 is 0 Å². The van der Waals surface area contributed by atoms with E-state index in [1.54, 1.807) is 0 Å². The first-order valence-corrected chi connectivity index (χ1v) is 6.14. The largest absolute Gasteiger partial charge is 0.382 e. The van der Waals surface area contributed by atoms with Gasteiger partial charge in [0.25, 0.3) is 0 Å². The van der Waals surface area contributed by atoms with Crippen LogP contribution in [0.15, 0.2) is 24.3 Å². The van der Waals surface area contributed by atoms with Gasteiger partial charge in [-0.2, -0.15) is 0 Å². The summed E-state index contributed by atoms with van der Waals surface area (Å²) in [7, 11) is 0. The van der Waals surface area contributed by atoms with E-state index in [1.807, 2.05) is 12.1 Å². The molecule has 1 aliphatic carbocycles. The van der Waals surface area contributed by atoms with Gasteiger partial charge in [-0.25, -0.2) is 0 Å². The lowest BCUT2D eigenvalue weighted by Gasteiger charge is -2.27. The summed E-state index contributed by atoms with van der Waals surface area (Å²) in [5.74, 6) is 0.910. The Labute approximate surface area is 96.8 Å². The first-order valence-electron chi connectivity index (χ1n) is 5.76. The Balaban J connectivity index is 1.89. The van der Waals surface area contributed by atoms with Crippen LogP contribution in [0, 0.1) is 5.92 Å². The van der Waals surface area contributed by atoms with Gasteiger partial charge in [0, 0.05) is 16.8 Å². The highest BCUT2D eigenvalue weighted by Crippen LogP contribution is 2.26. The number of anilines is 1. The summed E-state index contributed by atoms with van der Waals surface area (Å²) in [6.45, 7) is 2.35. The zero-order valence-corrected chi connectivity index (χ0v) is 9.93. The number of hydrogen-bond acceptors (Lipinski definition) is 1. The van der Waals surface area contributed by atoms with Crippen molar-refractivity contribution in [2.45, 2.75) is 38.6 Å². The standard InChI is InChI=1S/C13H18ClN/c1-10-2-6-12(7-3-10)15-13-8-4-11(14)5-9-13/h4-5,8-10,12,15H,2-3,6-7H2,1H3. The molecule has 2 rings (SSSR count). The molecule has 1 nitrogen and oxygen atoms in total. The highest BCUT2D eigenvalue weighted by molar-refractivity contribution is 6.30. The summed E-state index contributed by atoms with van der Waals surface area (Å²) in [5, 5.41) is 4.37. The molecule has 0 amide bonds. The molecule has 1 N–H and O–H groups in total. The molecule has 0 unspecified atom stereocenters. The van der Waals surface area contributed by atoms with Crippen LogP contribution in [-0.2, 0) is 0 Å². The highest BCUT2D eigenvalue weighted by atomic mass is 35.5. The molecule has 1 aromatic rings. The Morgan fingerprint density at radius 2 is 1.67 bits per heavy atom. The molecule has 0 radical (unpaired) electrons. The second-order valence-corrected chi connectivity index (χ2v) is 5.04. The van der Waals surface area contributed by atoms with E-state index in [4.69, 9.17) is 11.6 Å². The van der Waals surface area contributed by atoms with Gasteiger partial charge in [-0.1, -0.05) is 18.5 Å². The Morgan fingerprint density at radius 1 is 1.07 bits per heavy atom. The van der Waals surface area contributed by atoms with Gasteiger partial charge < -0.3 is 5.32 Å². The van der Waals surface area contributed by atoms with E-state index >= 15 is 0 Å². The van der Waals surface area contributed by atoms with Crippen molar-refractivity contribution in [1.29, 1.82) is 0 Å². The summed E-state index contributed by atoms with van der Waals surface area (Å²) in [6.07, 6.45) is 5.30. The third kappa shape index (κ3) is 3.13. The first kappa shape index (κ1) is 10.8. The molecule has 15 heavy (non-hydrogen) atoms. The monoisotopic (exact) mass is 223 g/mol. The lowest BCUT2D eigenvalue weighted by Crippen LogP contribution is -2.25. The maximum absolute atomic E-state index is 5.85. The topological polar surface area (TPSA) is 12.0 Å². The fourth-order valence-electron chi connectivity index (χ4n) is 2.19. The van der Waals surface area contributed by atoms with Crippen molar-refractivity contribution in [3.8, 4) is 0 Å². The molecule has 0 saturated heterocycles. The van der Waals surface area contributed by atoms with Crippen LogP contribution in [0.3, 0.4) is 0 Å². The molecular weight excluding hydrogens is 206 g/mol. The fraction of sp³-hybridized carbons (Fsp3) is 0.538. The number of rotatable bonds is 2. The maximum Gasteiger partial charge on any atom is 0.0407 e. The van der Waals surface area contributed by atoms with E-state index in [0.29, 0.717) is 6.04 Å². The van der Waals surface area contributed by atoms with Crippen molar-refractivity contribution < 1.29 is 0 Å². The minimum absolute atomic E-state index is 0.655. The van der Waals surface area contributed by atoms with Gasteiger partial charge in [-0.3, -0.25) is 0 Å². The van der Waals surface area contributed by atoms with Gasteiger partial charge in [-0.05, 0) is 55.9 Å². The minimum atomic E-state index is 0.655. The lowest BCUT2D eigenvalue weighted by molar-refractivity contribution is 0.361. The molecular formula is C13H18ClN. The van der Waals surface area contributed by atoms with Crippen LogP contribution in [0.2, 0.25) is 5.02 Å². The Bertz CT molecular complexity index is 299. The Kier molecular flexibility index (Phi) is 3.53. The van der Waals surface area contributed by atoms with E-state index in [9.17, 15) is 0 Å². The predicted molar refractivity (Wildman–Crippen MR) is 66.5 cm³/mol. The molecule has 1 aromatic carbocycles. The molecule has 0 heterocycles. The van der Waals surface area contributed by atoms with E-state index in [2.05, 4.69) is 24.4 Å². The number of hydrogen-bond donors (Lipinski definition) is 1. The molecule has 0 aromatic heterocycles. The first-order chi connectivity index (χ1) is 7.24. The molecule has 0 aliphatic heterocycles. The quantitative estimate of drug-likeness (QED) is 0.787. The van der Waals surface area contributed by atoms with Gasteiger partial charge in [0.2, 0.25) is 0 Å². The normalized spacial score (nSPS) is 26.3. The van der Waals surface area contributed by atoms with Gasteiger partial charge in [0.1, 0.15) is 0 Å². The molecule has 0 bridgehead atoms. The molecule has 1 aliphatic rings. The lowest BCUT2D eigenvalue weighted by atomic mass is 9.87. The van der Waals surface area contributed by atoms with Crippen molar-refractivity contribution in [3.63, 3.8) is 0 Å². The number of nitrogens with one attached hydrogen (secondary N) is 1. The molecule has 82 valence electrons. The molecule has 2 heteroatoms.